The summed E-state index contributed by atoms with van der Waals surface area (Å²) < 4.78 is 4.83. The van der Waals surface area contributed by atoms with Gasteiger partial charge in [-0.2, -0.15) is 0 Å². The molecule has 0 spiro atoms. The molecule has 0 aliphatic heterocycles. The van der Waals surface area contributed by atoms with Gasteiger partial charge < -0.3 is 10.1 Å². The maximum atomic E-state index is 12.0. The van der Waals surface area contributed by atoms with Crippen molar-refractivity contribution in [3.63, 3.8) is 0 Å². The molecule has 0 aliphatic rings. The van der Waals surface area contributed by atoms with E-state index >= 15 is 0 Å². The van der Waals surface area contributed by atoms with Gasteiger partial charge in [0.1, 0.15) is 5.56 Å². The molecule has 0 bridgehead atoms. The third-order valence-corrected chi connectivity index (χ3v) is 3.65. The van der Waals surface area contributed by atoms with E-state index in [9.17, 15) is 19.7 Å². The normalized spacial score (nSPS) is 10.2. The van der Waals surface area contributed by atoms with Crippen molar-refractivity contribution in [1.82, 2.24) is 0 Å². The zero-order chi connectivity index (χ0) is 18.6. The molecule has 2 rings (SSSR count). The van der Waals surface area contributed by atoms with Crippen LogP contribution >= 0.6 is 23.2 Å². The molecule has 9 heteroatoms. The van der Waals surface area contributed by atoms with Gasteiger partial charge in [-0.1, -0.05) is 29.3 Å². The molecule has 1 N–H and O–H groups in total. The maximum Gasteiger partial charge on any atom is 0.345 e. The fourth-order valence-corrected chi connectivity index (χ4v) is 2.29. The predicted octanol–water partition coefficient (Wildman–Crippen LogP) is 4.01. The molecule has 2 aromatic carbocycles. The molecule has 0 heterocycles. The average Bonchev–Trinajstić information content (AvgIpc) is 2.56. The van der Waals surface area contributed by atoms with Crippen molar-refractivity contribution < 1.29 is 19.2 Å². The summed E-state index contributed by atoms with van der Waals surface area (Å²) >= 11 is 11.5. The van der Waals surface area contributed by atoms with Gasteiger partial charge in [0.2, 0.25) is 0 Å². The van der Waals surface area contributed by atoms with Crippen LogP contribution < -0.4 is 5.32 Å². The van der Waals surface area contributed by atoms with E-state index in [0.717, 1.165) is 11.6 Å². The van der Waals surface area contributed by atoms with Crippen LogP contribution in [0.2, 0.25) is 10.0 Å². The maximum absolute atomic E-state index is 12.0. The Morgan fingerprint density at radius 1 is 1.16 bits per heavy atom. The molecule has 0 saturated carbocycles. The molecular formula is C16H12Cl2N2O5. The zero-order valence-electron chi connectivity index (χ0n) is 12.9. The molecule has 0 atom stereocenters. The number of hydrogen-bond acceptors (Lipinski definition) is 5. The van der Waals surface area contributed by atoms with Crippen LogP contribution in [-0.2, 0) is 9.53 Å². The Morgan fingerprint density at radius 2 is 1.80 bits per heavy atom. The van der Waals surface area contributed by atoms with Gasteiger partial charge in [-0.3, -0.25) is 14.9 Å². The topological polar surface area (TPSA) is 98.5 Å². The smallest absolute Gasteiger partial charge is 0.345 e. The first kappa shape index (κ1) is 18.7. The van der Waals surface area contributed by atoms with Gasteiger partial charge in [0.25, 0.3) is 11.6 Å². The van der Waals surface area contributed by atoms with E-state index in [-0.39, 0.29) is 10.6 Å². The van der Waals surface area contributed by atoms with Crippen LogP contribution in [0.1, 0.15) is 15.9 Å². The number of nitro benzene ring substituents is 1. The molecule has 0 saturated heterocycles. The summed E-state index contributed by atoms with van der Waals surface area (Å²) in [4.78, 5) is 34.1. The van der Waals surface area contributed by atoms with Crippen molar-refractivity contribution in [2.45, 2.75) is 6.92 Å². The van der Waals surface area contributed by atoms with Crippen molar-refractivity contribution >= 4 is 46.5 Å². The monoisotopic (exact) mass is 382 g/mol. The molecule has 0 radical (unpaired) electrons. The number of anilines is 1. The molecule has 25 heavy (non-hydrogen) atoms. The minimum atomic E-state index is -0.999. The summed E-state index contributed by atoms with van der Waals surface area (Å²) in [7, 11) is 0. The number of ether oxygens (including phenoxy) is 1. The Balaban J connectivity index is 2.04. The van der Waals surface area contributed by atoms with Crippen molar-refractivity contribution in [3.8, 4) is 0 Å². The van der Waals surface area contributed by atoms with E-state index in [1.54, 1.807) is 25.1 Å². The van der Waals surface area contributed by atoms with Crippen LogP contribution in [0.15, 0.2) is 36.4 Å². The molecular weight excluding hydrogens is 371 g/mol. The lowest BCUT2D eigenvalue weighted by molar-refractivity contribution is -0.385. The summed E-state index contributed by atoms with van der Waals surface area (Å²) in [6.45, 7) is 1.17. The van der Waals surface area contributed by atoms with E-state index in [1.807, 2.05) is 0 Å². The number of carbonyl (C=O) groups excluding carboxylic acids is 2. The molecule has 130 valence electrons. The standard InChI is InChI=1S/C16H12Cl2N2O5/c1-9-2-3-10(17)6-13(9)19-15(21)8-25-16(22)12-5-4-11(18)7-14(12)20(23)24/h2-7H,8H2,1H3,(H,19,21). The number of halogens is 2. The summed E-state index contributed by atoms with van der Waals surface area (Å²) in [6, 6.07) is 8.48. The summed E-state index contributed by atoms with van der Waals surface area (Å²) in [5.74, 6) is -1.60. The number of aryl methyl sites for hydroxylation is 1. The highest BCUT2D eigenvalue weighted by atomic mass is 35.5. The van der Waals surface area contributed by atoms with Crippen molar-refractivity contribution in [1.29, 1.82) is 0 Å². The highest BCUT2D eigenvalue weighted by molar-refractivity contribution is 6.31. The molecule has 0 fully saturated rings. The highest BCUT2D eigenvalue weighted by Gasteiger charge is 2.22. The second-order valence-electron chi connectivity index (χ2n) is 5.00. The van der Waals surface area contributed by atoms with Crippen LogP contribution in [0.4, 0.5) is 11.4 Å². The zero-order valence-corrected chi connectivity index (χ0v) is 14.4. The van der Waals surface area contributed by atoms with Gasteiger partial charge in [0.15, 0.2) is 6.61 Å². The summed E-state index contributed by atoms with van der Waals surface area (Å²) in [6.07, 6.45) is 0. The minimum absolute atomic E-state index is 0.109. The summed E-state index contributed by atoms with van der Waals surface area (Å²) in [5.41, 5.74) is 0.466. The van der Waals surface area contributed by atoms with Gasteiger partial charge in [-0.05, 0) is 36.8 Å². The van der Waals surface area contributed by atoms with E-state index < -0.39 is 29.1 Å². The van der Waals surface area contributed by atoms with Crippen molar-refractivity contribution in [2.24, 2.45) is 0 Å². The molecule has 1 amide bonds. The van der Waals surface area contributed by atoms with Crippen LogP contribution in [0.3, 0.4) is 0 Å². The first-order valence-electron chi connectivity index (χ1n) is 6.95. The number of hydrogen-bond donors (Lipinski definition) is 1. The fraction of sp³-hybridized carbons (Fsp3) is 0.125. The lowest BCUT2D eigenvalue weighted by Crippen LogP contribution is -2.21. The SMILES string of the molecule is Cc1ccc(Cl)cc1NC(=O)COC(=O)c1ccc(Cl)cc1[N+](=O)[O-]. The molecule has 0 unspecified atom stereocenters. The van der Waals surface area contributed by atoms with E-state index in [0.29, 0.717) is 10.7 Å². The van der Waals surface area contributed by atoms with Crippen LogP contribution in [0, 0.1) is 17.0 Å². The number of nitro groups is 1. The Morgan fingerprint density at radius 3 is 2.48 bits per heavy atom. The van der Waals surface area contributed by atoms with E-state index in [1.165, 1.54) is 12.1 Å². The first-order chi connectivity index (χ1) is 11.8. The van der Waals surface area contributed by atoms with Crippen LogP contribution in [0.25, 0.3) is 0 Å². The van der Waals surface area contributed by atoms with Crippen molar-refractivity contribution in [3.05, 3.63) is 67.7 Å². The minimum Gasteiger partial charge on any atom is -0.452 e. The first-order valence-corrected chi connectivity index (χ1v) is 7.70. The number of benzene rings is 2. The van der Waals surface area contributed by atoms with E-state index in [4.69, 9.17) is 27.9 Å². The number of nitrogens with one attached hydrogen (secondary N) is 1. The lowest BCUT2D eigenvalue weighted by atomic mass is 10.2. The predicted molar refractivity (Wildman–Crippen MR) is 93.2 cm³/mol. The number of esters is 1. The third kappa shape index (κ3) is 4.91. The molecule has 7 nitrogen and oxygen atoms in total. The quantitative estimate of drug-likeness (QED) is 0.478. The van der Waals surface area contributed by atoms with Gasteiger partial charge >= 0.3 is 5.97 Å². The Kier molecular flexibility index (Phi) is 5.95. The fourth-order valence-electron chi connectivity index (χ4n) is 1.95. The second-order valence-corrected chi connectivity index (χ2v) is 5.88. The molecule has 0 aromatic heterocycles. The average molecular weight is 383 g/mol. The Hall–Kier alpha value is -2.64. The molecule has 0 aliphatic carbocycles. The van der Waals surface area contributed by atoms with Gasteiger partial charge in [0.05, 0.1) is 4.92 Å². The van der Waals surface area contributed by atoms with Gasteiger partial charge in [0, 0.05) is 21.8 Å². The summed E-state index contributed by atoms with van der Waals surface area (Å²) in [5, 5.41) is 14.1. The number of amides is 1. The number of nitrogens with zero attached hydrogens (tertiary/aromatic N) is 1. The number of rotatable bonds is 5. The van der Waals surface area contributed by atoms with Gasteiger partial charge in [-0.15, -0.1) is 0 Å². The van der Waals surface area contributed by atoms with Crippen LogP contribution in [-0.4, -0.2) is 23.4 Å². The van der Waals surface area contributed by atoms with Gasteiger partial charge in [-0.25, -0.2) is 4.79 Å². The Bertz CT molecular complexity index is 854. The highest BCUT2D eigenvalue weighted by Crippen LogP contribution is 2.24. The Labute approximate surface area is 152 Å². The lowest BCUT2D eigenvalue weighted by Gasteiger charge is -2.09. The van der Waals surface area contributed by atoms with Crippen LogP contribution in [0.5, 0.6) is 0 Å². The second kappa shape index (κ2) is 7.96. The van der Waals surface area contributed by atoms with Crippen molar-refractivity contribution in [2.75, 3.05) is 11.9 Å². The largest absolute Gasteiger partial charge is 0.452 e. The number of carbonyl (C=O) groups is 2. The third-order valence-electron chi connectivity index (χ3n) is 3.18. The van der Waals surface area contributed by atoms with E-state index in [2.05, 4.69) is 5.32 Å². The molecule has 2 aromatic rings.